The minimum absolute atomic E-state index is 0.0787. The van der Waals surface area contributed by atoms with Crippen LogP contribution >= 0.6 is 0 Å². The summed E-state index contributed by atoms with van der Waals surface area (Å²) in [5, 5.41) is 3.33. The van der Waals surface area contributed by atoms with Crippen LogP contribution in [0.25, 0.3) is 0 Å². The van der Waals surface area contributed by atoms with Gasteiger partial charge in [-0.25, -0.2) is 0 Å². The molecule has 0 aliphatic heterocycles. The van der Waals surface area contributed by atoms with Crippen LogP contribution in [0.4, 0.5) is 0 Å². The van der Waals surface area contributed by atoms with Gasteiger partial charge in [-0.15, -0.1) is 0 Å². The molecule has 0 rings (SSSR count). The van der Waals surface area contributed by atoms with Gasteiger partial charge in [-0.2, -0.15) is 0 Å². The Morgan fingerprint density at radius 2 is 1.53 bits per heavy atom. The van der Waals surface area contributed by atoms with Crippen LogP contribution < -0.4 is 11.1 Å². The van der Waals surface area contributed by atoms with Crippen molar-refractivity contribution in [1.29, 1.82) is 0 Å². The summed E-state index contributed by atoms with van der Waals surface area (Å²) in [6, 6.07) is 0. The minimum atomic E-state index is -0.229. The van der Waals surface area contributed by atoms with E-state index in [1.165, 1.54) is 0 Å². The quantitative estimate of drug-likeness (QED) is 0.676. The van der Waals surface area contributed by atoms with Crippen LogP contribution in [-0.2, 0) is 4.79 Å². The molecule has 0 saturated carbocycles. The van der Waals surface area contributed by atoms with Crippen molar-refractivity contribution in [3.8, 4) is 0 Å². The smallest absolute Gasteiger partial charge is 0.221 e. The average Bonchev–Trinajstić information content (AvgIpc) is 2.10. The van der Waals surface area contributed by atoms with Crippen LogP contribution in [0.5, 0.6) is 0 Å². The Bertz CT molecular complexity index is 182. The van der Waals surface area contributed by atoms with Crippen LogP contribution in [0.1, 0.15) is 34.6 Å². The fourth-order valence-electron chi connectivity index (χ4n) is 1.81. The summed E-state index contributed by atoms with van der Waals surface area (Å²) in [5.74, 6) is 1.69. The summed E-state index contributed by atoms with van der Waals surface area (Å²) >= 11 is 0. The van der Waals surface area contributed by atoms with E-state index in [0.29, 0.717) is 24.3 Å². The lowest BCUT2D eigenvalue weighted by Crippen LogP contribution is -2.36. The molecular weight excluding hydrogens is 188 g/mol. The van der Waals surface area contributed by atoms with Gasteiger partial charge in [0.15, 0.2) is 0 Å². The Morgan fingerprint density at radius 3 is 1.87 bits per heavy atom. The van der Waals surface area contributed by atoms with E-state index in [4.69, 9.17) is 5.73 Å². The highest BCUT2D eigenvalue weighted by molar-refractivity contribution is 5.76. The molecule has 0 fully saturated rings. The third-order valence-corrected chi connectivity index (χ3v) is 3.03. The molecule has 3 N–H and O–H groups in total. The van der Waals surface area contributed by atoms with Crippen molar-refractivity contribution in [2.24, 2.45) is 29.4 Å². The standard InChI is InChI=1S/C12H26N2O/c1-8(2)11(9(3)4)7-14-6-10(5)12(13)15/h8-11,14H,6-7H2,1-5H3,(H2,13,15). The first-order chi connectivity index (χ1) is 6.86. The molecule has 0 radical (unpaired) electrons. The Kier molecular flexibility index (Phi) is 6.57. The molecule has 0 aromatic heterocycles. The number of carbonyl (C=O) groups excluding carboxylic acids is 1. The summed E-state index contributed by atoms with van der Waals surface area (Å²) in [7, 11) is 0. The molecule has 0 saturated heterocycles. The highest BCUT2D eigenvalue weighted by Gasteiger charge is 2.17. The first kappa shape index (κ1) is 14.4. The molecule has 0 aromatic rings. The van der Waals surface area contributed by atoms with E-state index >= 15 is 0 Å². The summed E-state index contributed by atoms with van der Waals surface area (Å²) < 4.78 is 0. The molecule has 0 aliphatic rings. The van der Waals surface area contributed by atoms with E-state index in [9.17, 15) is 4.79 Å². The third kappa shape index (κ3) is 5.78. The second-order valence-electron chi connectivity index (χ2n) is 5.11. The second-order valence-corrected chi connectivity index (χ2v) is 5.11. The number of amides is 1. The van der Waals surface area contributed by atoms with Gasteiger partial charge in [0.2, 0.25) is 5.91 Å². The molecule has 0 aliphatic carbocycles. The fraction of sp³-hybridized carbons (Fsp3) is 0.917. The number of carbonyl (C=O) groups is 1. The maximum Gasteiger partial charge on any atom is 0.221 e. The molecule has 0 aromatic carbocycles. The lowest BCUT2D eigenvalue weighted by Gasteiger charge is -2.25. The molecule has 0 heterocycles. The first-order valence-corrected chi connectivity index (χ1v) is 5.86. The lowest BCUT2D eigenvalue weighted by molar-refractivity contribution is -0.121. The van der Waals surface area contributed by atoms with Gasteiger partial charge in [0.05, 0.1) is 0 Å². The summed E-state index contributed by atoms with van der Waals surface area (Å²) in [4.78, 5) is 10.8. The van der Waals surface area contributed by atoms with Crippen molar-refractivity contribution in [3.05, 3.63) is 0 Å². The lowest BCUT2D eigenvalue weighted by atomic mass is 9.85. The molecule has 15 heavy (non-hydrogen) atoms. The van der Waals surface area contributed by atoms with E-state index in [0.717, 1.165) is 6.54 Å². The van der Waals surface area contributed by atoms with E-state index in [1.807, 2.05) is 6.92 Å². The first-order valence-electron chi connectivity index (χ1n) is 5.86. The van der Waals surface area contributed by atoms with Crippen molar-refractivity contribution >= 4 is 5.91 Å². The summed E-state index contributed by atoms with van der Waals surface area (Å²) in [6.07, 6.45) is 0. The summed E-state index contributed by atoms with van der Waals surface area (Å²) in [5.41, 5.74) is 5.19. The summed E-state index contributed by atoms with van der Waals surface area (Å²) in [6.45, 7) is 12.5. The van der Waals surface area contributed by atoms with E-state index in [-0.39, 0.29) is 11.8 Å². The van der Waals surface area contributed by atoms with Crippen LogP contribution in [0.2, 0.25) is 0 Å². The van der Waals surface area contributed by atoms with Gasteiger partial charge < -0.3 is 11.1 Å². The van der Waals surface area contributed by atoms with Gasteiger partial charge in [0.25, 0.3) is 0 Å². The van der Waals surface area contributed by atoms with Gasteiger partial charge in [-0.3, -0.25) is 4.79 Å². The van der Waals surface area contributed by atoms with E-state index in [1.54, 1.807) is 0 Å². The van der Waals surface area contributed by atoms with Gasteiger partial charge in [-0.1, -0.05) is 34.6 Å². The zero-order valence-corrected chi connectivity index (χ0v) is 10.7. The van der Waals surface area contributed by atoms with Crippen LogP contribution in [-0.4, -0.2) is 19.0 Å². The Labute approximate surface area is 93.8 Å². The van der Waals surface area contributed by atoms with Crippen molar-refractivity contribution < 1.29 is 4.79 Å². The van der Waals surface area contributed by atoms with Crippen molar-refractivity contribution in [3.63, 3.8) is 0 Å². The zero-order chi connectivity index (χ0) is 12.0. The second kappa shape index (κ2) is 6.83. The topological polar surface area (TPSA) is 55.1 Å². The Morgan fingerprint density at radius 1 is 1.07 bits per heavy atom. The van der Waals surface area contributed by atoms with E-state index in [2.05, 4.69) is 33.0 Å². The van der Waals surface area contributed by atoms with Crippen LogP contribution in [0, 0.1) is 23.7 Å². The predicted molar refractivity (Wildman–Crippen MR) is 64.4 cm³/mol. The van der Waals surface area contributed by atoms with Crippen molar-refractivity contribution in [2.45, 2.75) is 34.6 Å². The van der Waals surface area contributed by atoms with E-state index < -0.39 is 0 Å². The molecule has 0 bridgehead atoms. The van der Waals surface area contributed by atoms with Crippen LogP contribution in [0.3, 0.4) is 0 Å². The molecule has 0 spiro atoms. The van der Waals surface area contributed by atoms with Gasteiger partial charge in [0.1, 0.15) is 0 Å². The Balaban J connectivity index is 3.86. The molecule has 90 valence electrons. The maximum absolute atomic E-state index is 10.8. The monoisotopic (exact) mass is 214 g/mol. The molecule has 1 unspecified atom stereocenters. The normalized spacial score (nSPS) is 13.9. The highest BCUT2D eigenvalue weighted by Crippen LogP contribution is 2.19. The number of hydrogen-bond donors (Lipinski definition) is 2. The SMILES string of the molecule is CC(CNCC(C(C)C)C(C)C)C(N)=O. The highest BCUT2D eigenvalue weighted by atomic mass is 16.1. The number of hydrogen-bond acceptors (Lipinski definition) is 2. The molecule has 3 nitrogen and oxygen atoms in total. The molecule has 3 heteroatoms. The third-order valence-electron chi connectivity index (χ3n) is 3.03. The number of rotatable bonds is 7. The van der Waals surface area contributed by atoms with Gasteiger partial charge in [-0.05, 0) is 24.3 Å². The predicted octanol–water partition coefficient (Wildman–Crippen LogP) is 1.63. The van der Waals surface area contributed by atoms with Gasteiger partial charge in [0, 0.05) is 12.5 Å². The minimum Gasteiger partial charge on any atom is -0.369 e. The number of nitrogens with one attached hydrogen (secondary N) is 1. The molecular formula is C12H26N2O. The van der Waals surface area contributed by atoms with Gasteiger partial charge >= 0.3 is 0 Å². The Hall–Kier alpha value is -0.570. The maximum atomic E-state index is 10.8. The average molecular weight is 214 g/mol. The van der Waals surface area contributed by atoms with Crippen molar-refractivity contribution in [2.75, 3.05) is 13.1 Å². The molecule has 1 atom stereocenters. The zero-order valence-electron chi connectivity index (χ0n) is 10.7. The fourth-order valence-corrected chi connectivity index (χ4v) is 1.81. The van der Waals surface area contributed by atoms with Crippen LogP contribution in [0.15, 0.2) is 0 Å². The molecule has 1 amide bonds. The largest absolute Gasteiger partial charge is 0.369 e. The number of nitrogens with two attached hydrogens (primary N) is 1. The number of primary amides is 1. The van der Waals surface area contributed by atoms with Crippen molar-refractivity contribution in [1.82, 2.24) is 5.32 Å².